The van der Waals surface area contributed by atoms with Crippen LogP contribution in [0.2, 0.25) is 0 Å². The number of rotatable bonds is 6. The zero-order valence-electron chi connectivity index (χ0n) is 11.3. The molecule has 21 heavy (non-hydrogen) atoms. The molecule has 114 valence electrons. The van der Waals surface area contributed by atoms with E-state index in [1.807, 2.05) is 0 Å². The van der Waals surface area contributed by atoms with E-state index in [9.17, 15) is 18.4 Å². The van der Waals surface area contributed by atoms with Gasteiger partial charge in [-0.15, -0.1) is 0 Å². The van der Waals surface area contributed by atoms with Gasteiger partial charge in [-0.2, -0.15) is 0 Å². The normalized spacial score (nSPS) is 15.4. The minimum Gasteiger partial charge on any atom is -0.396 e. The van der Waals surface area contributed by atoms with Gasteiger partial charge in [0.05, 0.1) is 13.2 Å². The monoisotopic (exact) mass is 298 g/mol. The highest BCUT2D eigenvalue weighted by Crippen LogP contribution is 2.44. The van der Waals surface area contributed by atoms with Gasteiger partial charge in [-0.05, 0) is 25.0 Å². The average molecular weight is 298 g/mol. The van der Waals surface area contributed by atoms with Gasteiger partial charge in [0, 0.05) is 23.6 Å². The Labute approximate surface area is 120 Å². The molecule has 1 fully saturated rings. The number of halogens is 2. The summed E-state index contributed by atoms with van der Waals surface area (Å²) in [4.78, 5) is 23.2. The summed E-state index contributed by atoms with van der Waals surface area (Å²) in [7, 11) is 0. The van der Waals surface area contributed by atoms with E-state index in [-0.39, 0.29) is 24.1 Å². The maximum absolute atomic E-state index is 13.0. The summed E-state index contributed by atoms with van der Waals surface area (Å²) >= 11 is 0. The van der Waals surface area contributed by atoms with Gasteiger partial charge >= 0.3 is 0 Å². The lowest BCUT2D eigenvalue weighted by atomic mass is 10.1. The largest absolute Gasteiger partial charge is 0.396 e. The summed E-state index contributed by atoms with van der Waals surface area (Å²) < 4.78 is 25.9. The maximum atomic E-state index is 13.0. The van der Waals surface area contributed by atoms with Crippen LogP contribution in [-0.4, -0.2) is 36.6 Å². The molecule has 1 aliphatic rings. The second-order valence-corrected chi connectivity index (χ2v) is 5.28. The number of hydrogen-bond acceptors (Lipinski definition) is 3. The van der Waals surface area contributed by atoms with Crippen LogP contribution in [0.15, 0.2) is 18.2 Å². The minimum atomic E-state index is -0.858. The second-order valence-electron chi connectivity index (χ2n) is 5.28. The van der Waals surface area contributed by atoms with Gasteiger partial charge in [-0.3, -0.25) is 9.59 Å². The Bertz CT molecular complexity index is 539. The van der Waals surface area contributed by atoms with Crippen LogP contribution in [0.5, 0.6) is 0 Å². The number of benzene rings is 1. The number of hydrogen-bond donors (Lipinski definition) is 3. The molecule has 0 unspecified atom stereocenters. The Morgan fingerprint density at radius 1 is 1.14 bits per heavy atom. The van der Waals surface area contributed by atoms with Crippen molar-refractivity contribution in [2.75, 3.05) is 19.7 Å². The van der Waals surface area contributed by atoms with E-state index in [4.69, 9.17) is 5.11 Å². The predicted molar refractivity (Wildman–Crippen MR) is 70.5 cm³/mol. The van der Waals surface area contributed by atoms with Crippen molar-refractivity contribution in [3.05, 3.63) is 35.4 Å². The molecular weight excluding hydrogens is 282 g/mol. The van der Waals surface area contributed by atoms with E-state index >= 15 is 0 Å². The van der Waals surface area contributed by atoms with E-state index in [0.717, 1.165) is 25.0 Å². The molecule has 3 N–H and O–H groups in total. The van der Waals surface area contributed by atoms with Crippen molar-refractivity contribution >= 4 is 11.8 Å². The number of aliphatic hydroxyl groups is 1. The van der Waals surface area contributed by atoms with Gasteiger partial charge in [0.2, 0.25) is 5.91 Å². The maximum Gasteiger partial charge on any atom is 0.251 e. The third kappa shape index (κ3) is 4.22. The molecule has 1 aromatic rings. The van der Waals surface area contributed by atoms with Crippen LogP contribution in [0, 0.1) is 17.0 Å². The predicted octanol–water partition coefficient (Wildman–Crippen LogP) is 0.583. The van der Waals surface area contributed by atoms with E-state index in [1.165, 1.54) is 0 Å². The molecule has 0 heterocycles. The molecule has 2 amide bonds. The first-order valence-corrected chi connectivity index (χ1v) is 6.56. The molecule has 0 aliphatic heterocycles. The molecule has 0 bridgehead atoms. The van der Waals surface area contributed by atoms with E-state index in [0.29, 0.717) is 12.6 Å². The lowest BCUT2D eigenvalue weighted by Gasteiger charge is -2.13. The molecule has 0 spiro atoms. The van der Waals surface area contributed by atoms with Crippen LogP contribution in [0.25, 0.3) is 0 Å². The molecule has 1 aromatic carbocycles. The first-order chi connectivity index (χ1) is 9.94. The Kier molecular flexibility index (Phi) is 4.52. The summed E-state index contributed by atoms with van der Waals surface area (Å²) in [6, 6.07) is 2.44. The minimum absolute atomic E-state index is 0.0161. The fraction of sp³-hybridized carbons (Fsp3) is 0.429. The topological polar surface area (TPSA) is 78.4 Å². The zero-order chi connectivity index (χ0) is 15.5. The summed E-state index contributed by atoms with van der Waals surface area (Å²) in [5, 5.41) is 14.0. The van der Waals surface area contributed by atoms with Gasteiger partial charge in [-0.25, -0.2) is 8.78 Å². The average Bonchev–Trinajstić information content (AvgIpc) is 3.22. The SMILES string of the molecule is O=C(CNC(=O)c1cc(F)cc(F)c1)NCC1(CO)CC1. The fourth-order valence-corrected chi connectivity index (χ4v) is 1.86. The van der Waals surface area contributed by atoms with Crippen LogP contribution in [0.1, 0.15) is 23.2 Å². The third-order valence-corrected chi connectivity index (χ3v) is 3.49. The third-order valence-electron chi connectivity index (χ3n) is 3.49. The van der Waals surface area contributed by atoms with Gasteiger partial charge < -0.3 is 15.7 Å². The first kappa shape index (κ1) is 15.4. The molecule has 0 saturated heterocycles. The summed E-state index contributed by atoms with van der Waals surface area (Å²) in [5.74, 6) is -2.86. The zero-order valence-corrected chi connectivity index (χ0v) is 11.3. The smallest absolute Gasteiger partial charge is 0.251 e. The first-order valence-electron chi connectivity index (χ1n) is 6.56. The van der Waals surface area contributed by atoms with Crippen molar-refractivity contribution in [2.24, 2.45) is 5.41 Å². The van der Waals surface area contributed by atoms with E-state index in [2.05, 4.69) is 10.6 Å². The standard InChI is InChI=1S/C14H16F2N2O3/c15-10-3-9(4-11(16)5-10)13(21)17-6-12(20)18-7-14(8-19)1-2-14/h3-5,19H,1-2,6-8H2,(H,17,21)(H,18,20). The van der Waals surface area contributed by atoms with Crippen molar-refractivity contribution < 1.29 is 23.5 Å². The quantitative estimate of drug-likeness (QED) is 0.719. The highest BCUT2D eigenvalue weighted by Gasteiger charge is 2.41. The Balaban J connectivity index is 1.79. The number of nitrogens with one attached hydrogen (secondary N) is 2. The van der Waals surface area contributed by atoms with E-state index in [1.54, 1.807) is 0 Å². The van der Waals surface area contributed by atoms with Crippen molar-refractivity contribution in [1.29, 1.82) is 0 Å². The van der Waals surface area contributed by atoms with Crippen LogP contribution >= 0.6 is 0 Å². The van der Waals surface area contributed by atoms with Crippen LogP contribution in [0.3, 0.4) is 0 Å². The van der Waals surface area contributed by atoms with Crippen LogP contribution in [0.4, 0.5) is 8.78 Å². The summed E-state index contributed by atoms with van der Waals surface area (Å²) in [5.41, 5.74) is -0.403. The van der Waals surface area contributed by atoms with Crippen molar-refractivity contribution in [3.63, 3.8) is 0 Å². The van der Waals surface area contributed by atoms with Gasteiger partial charge in [-0.1, -0.05) is 0 Å². The van der Waals surface area contributed by atoms with Crippen molar-refractivity contribution in [1.82, 2.24) is 10.6 Å². The number of carbonyl (C=O) groups is 2. The van der Waals surface area contributed by atoms with Gasteiger partial charge in [0.15, 0.2) is 0 Å². The van der Waals surface area contributed by atoms with E-state index < -0.39 is 23.4 Å². The molecule has 7 heteroatoms. The van der Waals surface area contributed by atoms with Crippen LogP contribution in [-0.2, 0) is 4.79 Å². The van der Waals surface area contributed by atoms with Gasteiger partial charge in [0.25, 0.3) is 5.91 Å². The molecule has 1 saturated carbocycles. The number of aliphatic hydroxyl groups excluding tert-OH is 1. The highest BCUT2D eigenvalue weighted by atomic mass is 19.1. The second kappa shape index (κ2) is 6.17. The molecular formula is C14H16F2N2O3. The van der Waals surface area contributed by atoms with Gasteiger partial charge in [0.1, 0.15) is 11.6 Å². The Morgan fingerprint density at radius 3 is 2.29 bits per heavy atom. The fourth-order valence-electron chi connectivity index (χ4n) is 1.86. The summed E-state index contributed by atoms with van der Waals surface area (Å²) in [6.07, 6.45) is 1.72. The Hall–Kier alpha value is -2.02. The lowest BCUT2D eigenvalue weighted by molar-refractivity contribution is -0.120. The molecule has 0 aromatic heterocycles. The van der Waals surface area contributed by atoms with Crippen molar-refractivity contribution in [2.45, 2.75) is 12.8 Å². The summed E-state index contributed by atoms with van der Waals surface area (Å²) in [6.45, 7) is 0.0769. The van der Waals surface area contributed by atoms with Crippen molar-refractivity contribution in [3.8, 4) is 0 Å². The molecule has 2 rings (SSSR count). The molecule has 0 radical (unpaired) electrons. The number of amides is 2. The van der Waals surface area contributed by atoms with Crippen LogP contribution < -0.4 is 10.6 Å². The molecule has 0 atom stereocenters. The lowest BCUT2D eigenvalue weighted by Crippen LogP contribution is -2.40. The highest BCUT2D eigenvalue weighted by molar-refractivity contribution is 5.96. The molecule has 5 nitrogen and oxygen atoms in total. The Morgan fingerprint density at radius 2 is 1.76 bits per heavy atom. The molecule has 1 aliphatic carbocycles. The number of carbonyl (C=O) groups excluding carboxylic acids is 2.